The Kier molecular flexibility index (Phi) is 7.53. The fraction of sp³-hybridized carbons (Fsp3) is 0.652. The molecule has 0 N–H and O–H groups in total. The van der Waals surface area contributed by atoms with E-state index in [-0.39, 0.29) is 21.6 Å². The lowest BCUT2D eigenvalue weighted by molar-refractivity contribution is 0.115. The van der Waals surface area contributed by atoms with Crippen LogP contribution in [0.15, 0.2) is 36.4 Å². The highest BCUT2D eigenvalue weighted by Crippen LogP contribution is 2.68. The summed E-state index contributed by atoms with van der Waals surface area (Å²) in [7, 11) is -0.740. The minimum absolute atomic E-state index is 0.113. The molecule has 0 saturated heterocycles. The van der Waals surface area contributed by atoms with Gasteiger partial charge in [0.25, 0.3) is 0 Å². The van der Waals surface area contributed by atoms with Gasteiger partial charge in [0.2, 0.25) is 0 Å². The zero-order valence-electron chi connectivity index (χ0n) is 18.3. The van der Waals surface area contributed by atoms with Crippen molar-refractivity contribution in [2.45, 2.75) is 65.7 Å². The van der Waals surface area contributed by atoms with Crippen LogP contribution in [0.2, 0.25) is 0 Å². The Hall–Kier alpha value is -0.850. The molecule has 0 heterocycles. The van der Waals surface area contributed by atoms with Gasteiger partial charge < -0.3 is 9.30 Å². The summed E-state index contributed by atoms with van der Waals surface area (Å²) in [5, 5.41) is -0.451. The Morgan fingerprint density at radius 2 is 1.46 bits per heavy atom. The molecular formula is C23H39O2P. The molecule has 2 nitrogen and oxygen atoms in total. The van der Waals surface area contributed by atoms with E-state index in [1.807, 2.05) is 18.2 Å². The second kappa shape index (κ2) is 8.44. The van der Waals surface area contributed by atoms with Gasteiger partial charge >= 0.3 is 0 Å². The minimum atomic E-state index is -2.48. The van der Waals surface area contributed by atoms with Gasteiger partial charge in [-0.05, 0) is 16.9 Å². The van der Waals surface area contributed by atoms with Crippen LogP contribution in [-0.2, 0) is 9.30 Å². The number of benzene rings is 1. The van der Waals surface area contributed by atoms with Gasteiger partial charge in [-0.1, -0.05) is 97.9 Å². The Morgan fingerprint density at radius 3 is 1.88 bits per heavy atom. The molecule has 0 amide bonds. The van der Waals surface area contributed by atoms with Crippen LogP contribution in [0.1, 0.15) is 61.0 Å². The zero-order valence-corrected chi connectivity index (χ0v) is 19.2. The van der Waals surface area contributed by atoms with Gasteiger partial charge in [-0.2, -0.15) is 0 Å². The summed E-state index contributed by atoms with van der Waals surface area (Å²) in [6.07, 6.45) is 5.11. The predicted molar refractivity (Wildman–Crippen MR) is 117 cm³/mol. The molecule has 1 unspecified atom stereocenters. The van der Waals surface area contributed by atoms with Crippen LogP contribution in [-0.4, -0.2) is 30.2 Å². The molecule has 0 aliphatic rings. The van der Waals surface area contributed by atoms with E-state index < -0.39 is 7.14 Å². The van der Waals surface area contributed by atoms with Gasteiger partial charge in [-0.25, -0.2) is 0 Å². The lowest BCUT2D eigenvalue weighted by Gasteiger charge is -2.45. The highest BCUT2D eigenvalue weighted by atomic mass is 31.2. The largest absolute Gasteiger partial charge is 0.384 e. The Bertz CT molecular complexity index is 612. The maximum Gasteiger partial charge on any atom is 0.0981 e. The van der Waals surface area contributed by atoms with E-state index >= 15 is 0 Å². The van der Waals surface area contributed by atoms with E-state index in [9.17, 15) is 4.57 Å². The zero-order chi connectivity index (χ0) is 20.2. The lowest BCUT2D eigenvalue weighted by Crippen LogP contribution is -2.37. The maximum atomic E-state index is 14.2. The number of hydrogen-bond donors (Lipinski definition) is 0. The van der Waals surface area contributed by atoms with Gasteiger partial charge in [0.1, 0.15) is 0 Å². The molecular weight excluding hydrogens is 339 g/mol. The maximum absolute atomic E-state index is 14.2. The summed E-state index contributed by atoms with van der Waals surface area (Å²) in [6, 6.07) is 10.3. The summed E-state index contributed by atoms with van der Waals surface area (Å²) in [6.45, 7) is 17.8. The topological polar surface area (TPSA) is 26.3 Å². The Balaban J connectivity index is 3.20. The SMILES string of the molecule is COCC(CP(=O)(C(C)(C)C)C(C)(C)C)C(C)(C)/C=C/c1ccccc1. The van der Waals surface area contributed by atoms with Crippen molar-refractivity contribution in [3.05, 3.63) is 42.0 Å². The average Bonchev–Trinajstić information content (AvgIpc) is 2.51. The number of rotatable bonds is 7. The van der Waals surface area contributed by atoms with Crippen LogP contribution >= 0.6 is 7.14 Å². The number of methoxy groups -OCH3 is 1. The van der Waals surface area contributed by atoms with Crippen LogP contribution < -0.4 is 0 Å². The summed E-state index contributed by atoms with van der Waals surface area (Å²) in [4.78, 5) is 0. The molecule has 0 spiro atoms. The van der Waals surface area contributed by atoms with Crippen LogP contribution in [0.25, 0.3) is 6.08 Å². The highest BCUT2D eigenvalue weighted by molar-refractivity contribution is 7.67. The quantitative estimate of drug-likeness (QED) is 0.480. The van der Waals surface area contributed by atoms with Crippen molar-refractivity contribution in [3.63, 3.8) is 0 Å². The predicted octanol–water partition coefficient (Wildman–Crippen LogP) is 6.95. The summed E-state index contributed by atoms with van der Waals surface area (Å²) >= 11 is 0. The molecule has 1 rings (SSSR count). The first kappa shape index (κ1) is 23.2. The molecule has 26 heavy (non-hydrogen) atoms. The van der Waals surface area contributed by atoms with E-state index in [0.29, 0.717) is 12.8 Å². The van der Waals surface area contributed by atoms with Crippen molar-refractivity contribution in [1.29, 1.82) is 0 Å². The van der Waals surface area contributed by atoms with Crippen LogP contribution in [0.5, 0.6) is 0 Å². The molecule has 0 radical (unpaired) electrons. The van der Waals surface area contributed by atoms with Gasteiger partial charge in [-0.3, -0.25) is 0 Å². The lowest BCUT2D eigenvalue weighted by atomic mass is 9.79. The van der Waals surface area contributed by atoms with Gasteiger partial charge in [-0.15, -0.1) is 0 Å². The second-order valence-corrected chi connectivity index (χ2v) is 14.5. The minimum Gasteiger partial charge on any atom is -0.384 e. The summed E-state index contributed by atoms with van der Waals surface area (Å²) in [5.74, 6) is 0.191. The summed E-state index contributed by atoms with van der Waals surface area (Å²) in [5.41, 5.74) is 1.07. The highest BCUT2D eigenvalue weighted by Gasteiger charge is 2.48. The standard InChI is InChI=1S/C23H39O2P/c1-21(2,3)26(24,22(4,5)6)18-20(17-25-9)23(7,8)16-15-19-13-11-10-12-14-19/h10-16,20H,17-18H2,1-9H3/b16-15+. The van der Waals surface area contributed by atoms with Crippen LogP contribution in [0, 0.1) is 11.3 Å². The number of ether oxygens (including phenoxy) is 1. The van der Waals surface area contributed by atoms with Crippen molar-refractivity contribution in [1.82, 2.24) is 0 Å². The second-order valence-electron chi connectivity index (χ2n) is 9.98. The Labute approximate surface area is 161 Å². The van der Waals surface area contributed by atoms with Crippen molar-refractivity contribution >= 4 is 13.2 Å². The number of allylic oxidation sites excluding steroid dienone is 1. The molecule has 1 atom stereocenters. The van der Waals surface area contributed by atoms with E-state index in [2.05, 4.69) is 79.7 Å². The van der Waals surface area contributed by atoms with Gasteiger partial charge in [0.05, 0.1) is 13.7 Å². The molecule has 148 valence electrons. The first-order chi connectivity index (χ1) is 11.7. The van der Waals surface area contributed by atoms with Crippen molar-refractivity contribution in [2.24, 2.45) is 11.3 Å². The van der Waals surface area contributed by atoms with E-state index in [1.54, 1.807) is 7.11 Å². The van der Waals surface area contributed by atoms with E-state index in [0.717, 1.165) is 0 Å². The first-order valence-electron chi connectivity index (χ1n) is 9.57. The van der Waals surface area contributed by atoms with Crippen molar-refractivity contribution < 1.29 is 9.30 Å². The molecule has 0 saturated carbocycles. The Morgan fingerprint density at radius 1 is 0.962 bits per heavy atom. The molecule has 1 aromatic carbocycles. The molecule has 0 aromatic heterocycles. The monoisotopic (exact) mass is 378 g/mol. The smallest absolute Gasteiger partial charge is 0.0981 e. The molecule has 0 aliphatic heterocycles. The first-order valence-corrected chi connectivity index (χ1v) is 11.5. The fourth-order valence-corrected chi connectivity index (χ4v) is 7.88. The third-order valence-corrected chi connectivity index (χ3v) is 10.9. The number of hydrogen-bond acceptors (Lipinski definition) is 2. The van der Waals surface area contributed by atoms with Crippen LogP contribution in [0.4, 0.5) is 0 Å². The third kappa shape index (κ3) is 5.57. The van der Waals surface area contributed by atoms with E-state index in [4.69, 9.17) is 4.74 Å². The molecule has 1 aromatic rings. The molecule has 0 fully saturated rings. The van der Waals surface area contributed by atoms with E-state index in [1.165, 1.54) is 5.56 Å². The summed E-state index contributed by atoms with van der Waals surface area (Å²) < 4.78 is 19.7. The van der Waals surface area contributed by atoms with Gasteiger partial charge in [0, 0.05) is 23.6 Å². The van der Waals surface area contributed by atoms with Gasteiger partial charge in [0.15, 0.2) is 0 Å². The molecule has 0 bridgehead atoms. The van der Waals surface area contributed by atoms with Crippen molar-refractivity contribution in [3.8, 4) is 0 Å². The average molecular weight is 379 g/mol. The van der Waals surface area contributed by atoms with Crippen molar-refractivity contribution in [2.75, 3.05) is 19.9 Å². The third-order valence-electron chi connectivity index (χ3n) is 5.57. The van der Waals surface area contributed by atoms with Crippen LogP contribution in [0.3, 0.4) is 0 Å². The fourth-order valence-electron chi connectivity index (χ4n) is 3.58. The molecule has 0 aliphatic carbocycles. The normalized spacial score (nSPS) is 15.4. The molecule has 3 heteroatoms.